The van der Waals surface area contributed by atoms with Crippen LogP contribution in [-0.2, 0) is 20.8 Å². The van der Waals surface area contributed by atoms with Crippen LogP contribution >= 0.6 is 0 Å². The number of hydrogen-bond acceptors (Lipinski definition) is 5. The second-order valence-electron chi connectivity index (χ2n) is 10.2. The van der Waals surface area contributed by atoms with Gasteiger partial charge in [0, 0.05) is 37.5 Å². The first-order valence-corrected chi connectivity index (χ1v) is 13.4. The maximum Gasteiger partial charge on any atom is 0.319 e. The Bertz CT molecular complexity index is 1220. The van der Waals surface area contributed by atoms with Crippen molar-refractivity contribution in [2.75, 3.05) is 25.5 Å². The first-order chi connectivity index (χ1) is 19.2. The average Bonchev–Trinajstić information content (AvgIpc) is 3.48. The fraction of sp³-hybridized carbons (Fsp3) is 0.429. The molecule has 0 radical (unpaired) electrons. The van der Waals surface area contributed by atoms with Crippen molar-refractivity contribution >= 4 is 29.4 Å². The Kier molecular flexibility index (Phi) is 9.54. The van der Waals surface area contributed by atoms with E-state index in [1.165, 1.54) is 18.2 Å². The van der Waals surface area contributed by atoms with Gasteiger partial charge in [0.25, 0.3) is 5.91 Å². The molecule has 11 nitrogen and oxygen atoms in total. The largest absolute Gasteiger partial charge is 0.497 e. The van der Waals surface area contributed by atoms with E-state index in [9.17, 15) is 23.6 Å². The van der Waals surface area contributed by atoms with Gasteiger partial charge in [0.05, 0.1) is 13.7 Å². The fourth-order valence-corrected chi connectivity index (χ4v) is 5.23. The van der Waals surface area contributed by atoms with Crippen LogP contribution in [0.15, 0.2) is 48.5 Å². The summed E-state index contributed by atoms with van der Waals surface area (Å²) >= 11 is 0. The van der Waals surface area contributed by atoms with Gasteiger partial charge in [-0.3, -0.25) is 14.4 Å². The molecule has 2 aliphatic heterocycles. The van der Waals surface area contributed by atoms with E-state index in [0.29, 0.717) is 17.9 Å². The van der Waals surface area contributed by atoms with Gasteiger partial charge in [-0.1, -0.05) is 18.2 Å². The molecule has 0 aromatic heterocycles. The molecular formula is C28H36FN6O5+. The number of primary amides is 1. The van der Waals surface area contributed by atoms with Gasteiger partial charge < -0.3 is 36.6 Å². The molecule has 2 aromatic carbocycles. The zero-order valence-corrected chi connectivity index (χ0v) is 22.4. The van der Waals surface area contributed by atoms with Crippen molar-refractivity contribution in [1.29, 1.82) is 0 Å². The lowest BCUT2D eigenvalue weighted by molar-refractivity contribution is -0.658. The number of carbonyl (C=O) groups excluding carboxylic acids is 4. The Morgan fingerprint density at radius 2 is 1.93 bits per heavy atom. The van der Waals surface area contributed by atoms with Crippen molar-refractivity contribution in [3.8, 4) is 5.75 Å². The molecule has 4 atom stereocenters. The number of nitrogens with zero attached hydrogens (tertiary/aromatic N) is 1. The molecule has 214 valence electrons. The van der Waals surface area contributed by atoms with Crippen LogP contribution in [-0.4, -0.2) is 73.0 Å². The number of benzene rings is 2. The summed E-state index contributed by atoms with van der Waals surface area (Å²) in [6.07, 6.45) is 2.39. The molecule has 0 spiro atoms. The molecule has 5 amide bonds. The smallest absolute Gasteiger partial charge is 0.319 e. The molecule has 4 rings (SSSR count). The number of quaternary nitrogens is 1. The maximum atomic E-state index is 13.6. The van der Waals surface area contributed by atoms with Gasteiger partial charge in [0.1, 0.15) is 23.7 Å². The minimum Gasteiger partial charge on any atom is -0.497 e. The van der Waals surface area contributed by atoms with E-state index >= 15 is 0 Å². The van der Waals surface area contributed by atoms with E-state index in [0.717, 1.165) is 24.9 Å². The number of halogens is 1. The van der Waals surface area contributed by atoms with Crippen molar-refractivity contribution in [3.05, 3.63) is 59.9 Å². The van der Waals surface area contributed by atoms with E-state index in [-0.39, 0.29) is 31.3 Å². The van der Waals surface area contributed by atoms with Crippen molar-refractivity contribution in [2.45, 2.75) is 56.3 Å². The number of ether oxygens (including phenoxy) is 1. The van der Waals surface area contributed by atoms with Crippen LogP contribution in [0, 0.1) is 5.82 Å². The normalized spacial score (nSPS) is 21.2. The number of urea groups is 1. The zero-order chi connectivity index (χ0) is 28.6. The van der Waals surface area contributed by atoms with Gasteiger partial charge in [-0.15, -0.1) is 0 Å². The van der Waals surface area contributed by atoms with Gasteiger partial charge in [0.2, 0.25) is 11.8 Å². The number of likely N-dealkylation sites (tertiary alicyclic amines) is 1. The first-order valence-electron chi connectivity index (χ1n) is 13.4. The molecule has 2 heterocycles. The van der Waals surface area contributed by atoms with Crippen molar-refractivity contribution in [2.24, 2.45) is 5.73 Å². The van der Waals surface area contributed by atoms with Crippen LogP contribution in [0.2, 0.25) is 0 Å². The fourth-order valence-electron chi connectivity index (χ4n) is 5.23. The average molecular weight is 556 g/mol. The van der Waals surface area contributed by atoms with Gasteiger partial charge in [0.15, 0.2) is 6.04 Å². The summed E-state index contributed by atoms with van der Waals surface area (Å²) in [5.41, 5.74) is 6.70. The van der Waals surface area contributed by atoms with E-state index < -0.39 is 41.8 Å². The number of nitrogens with one attached hydrogen (secondary N) is 3. The number of anilines is 1. The summed E-state index contributed by atoms with van der Waals surface area (Å²) in [6.45, 7) is 1.10. The molecule has 7 N–H and O–H groups in total. The Labute approximate surface area is 232 Å². The van der Waals surface area contributed by atoms with Gasteiger partial charge >= 0.3 is 6.03 Å². The number of nitrogens with two attached hydrogens (primary N) is 2. The highest BCUT2D eigenvalue weighted by molar-refractivity contribution is 5.93. The van der Waals surface area contributed by atoms with Crippen LogP contribution in [0.3, 0.4) is 0 Å². The highest BCUT2D eigenvalue weighted by atomic mass is 19.1. The number of carbonyl (C=O) groups is 4. The molecule has 2 aliphatic rings. The summed E-state index contributed by atoms with van der Waals surface area (Å²) in [7, 11) is 1.55. The van der Waals surface area contributed by atoms with E-state index in [2.05, 4.69) is 16.0 Å². The topological polar surface area (TPSA) is 159 Å². The van der Waals surface area contributed by atoms with Crippen LogP contribution in [0.1, 0.15) is 31.2 Å². The van der Waals surface area contributed by atoms with Crippen molar-refractivity contribution in [3.63, 3.8) is 0 Å². The van der Waals surface area contributed by atoms with Crippen molar-refractivity contribution in [1.82, 2.24) is 15.5 Å². The van der Waals surface area contributed by atoms with Gasteiger partial charge in [-0.25, -0.2) is 9.18 Å². The molecular weight excluding hydrogens is 519 g/mol. The van der Waals surface area contributed by atoms with Crippen molar-refractivity contribution < 1.29 is 33.6 Å². The molecule has 40 heavy (non-hydrogen) atoms. The number of amides is 5. The minimum atomic E-state index is -1.000. The number of hydrogen-bond donors (Lipinski definition) is 5. The Morgan fingerprint density at radius 1 is 1.15 bits per heavy atom. The maximum absolute atomic E-state index is 13.6. The lowest BCUT2D eigenvalue weighted by Crippen LogP contribution is -2.89. The molecule has 2 aromatic rings. The third-order valence-corrected chi connectivity index (χ3v) is 7.35. The highest BCUT2D eigenvalue weighted by Crippen LogP contribution is 2.21. The van der Waals surface area contributed by atoms with E-state index in [4.69, 9.17) is 10.5 Å². The minimum absolute atomic E-state index is 0.133. The summed E-state index contributed by atoms with van der Waals surface area (Å²) < 4.78 is 18.7. The zero-order valence-electron chi connectivity index (χ0n) is 22.4. The quantitative estimate of drug-likeness (QED) is 0.300. The second kappa shape index (κ2) is 13.2. The van der Waals surface area contributed by atoms with Crippen LogP contribution in [0.5, 0.6) is 5.75 Å². The summed E-state index contributed by atoms with van der Waals surface area (Å²) in [5, 5.41) is 10.1. The first kappa shape index (κ1) is 28.8. The van der Waals surface area contributed by atoms with E-state index in [1.807, 2.05) is 5.32 Å². The van der Waals surface area contributed by atoms with Gasteiger partial charge in [-0.05, 0) is 48.7 Å². The highest BCUT2D eigenvalue weighted by Gasteiger charge is 2.41. The second-order valence-corrected chi connectivity index (χ2v) is 10.2. The molecule has 0 saturated carbocycles. The molecule has 2 saturated heterocycles. The monoisotopic (exact) mass is 555 g/mol. The lowest BCUT2D eigenvalue weighted by atomic mass is 9.94. The molecule has 0 unspecified atom stereocenters. The Hall–Kier alpha value is -4.19. The molecule has 0 bridgehead atoms. The predicted molar refractivity (Wildman–Crippen MR) is 145 cm³/mol. The summed E-state index contributed by atoms with van der Waals surface area (Å²) in [5.74, 6) is -1.18. The van der Waals surface area contributed by atoms with Crippen LogP contribution in [0.4, 0.5) is 14.9 Å². The number of methoxy groups -OCH3 is 1. The third-order valence-electron chi connectivity index (χ3n) is 7.35. The van der Waals surface area contributed by atoms with Crippen LogP contribution < -0.4 is 31.7 Å². The van der Waals surface area contributed by atoms with Gasteiger partial charge in [-0.2, -0.15) is 0 Å². The van der Waals surface area contributed by atoms with Crippen LogP contribution in [0.25, 0.3) is 0 Å². The molecule has 12 heteroatoms. The third kappa shape index (κ3) is 7.47. The summed E-state index contributed by atoms with van der Waals surface area (Å²) in [4.78, 5) is 53.4. The summed E-state index contributed by atoms with van der Waals surface area (Å²) in [6, 6.07) is 9.42. The molecule has 2 fully saturated rings. The Balaban J connectivity index is 1.46. The Morgan fingerprint density at radius 3 is 2.58 bits per heavy atom. The SMILES string of the molecule is COc1ccc(C[C@H](NC(=O)[C@@H]2C[C@@H](NC(=O)Nc3cccc(F)c3)CCN2C(=O)[C@H]2CCC[NH2+]2)C(N)=O)cc1. The molecule has 0 aliphatic carbocycles. The predicted octanol–water partition coefficient (Wildman–Crippen LogP) is 0.254. The lowest BCUT2D eigenvalue weighted by Gasteiger charge is -2.39. The number of piperidine rings is 1. The standard InChI is InChI=1S/C28H35FN6O5/c1-40-21-9-7-17(8-10-21)14-23(25(30)36)34-26(37)24-16-20(11-13-35(24)27(38)22-6-3-12-31-22)33-28(39)32-19-5-2-4-18(29)15-19/h2,4-5,7-10,15,20,22-24,31H,3,6,11-14,16H2,1H3,(H2,30,36)(H,34,37)(H2,32,33,39)/p+1/t20-,22+,23-,24-/m0/s1. The number of rotatable bonds is 9. The van der Waals surface area contributed by atoms with E-state index in [1.54, 1.807) is 42.3 Å².